The van der Waals surface area contributed by atoms with Gasteiger partial charge in [0, 0.05) is 25.7 Å². The zero-order valence-corrected chi connectivity index (χ0v) is 9.52. The molecule has 3 nitrogen and oxygen atoms in total. The van der Waals surface area contributed by atoms with Gasteiger partial charge in [-0.2, -0.15) is 13.2 Å². The molecule has 0 spiro atoms. The van der Waals surface area contributed by atoms with Crippen LogP contribution in [-0.2, 0) is 4.74 Å². The molecule has 1 rings (SSSR count). The highest BCUT2D eigenvalue weighted by atomic mass is 19.4. The van der Waals surface area contributed by atoms with E-state index in [4.69, 9.17) is 4.74 Å². The van der Waals surface area contributed by atoms with Crippen molar-refractivity contribution in [3.8, 4) is 0 Å². The first kappa shape index (κ1) is 13.7. The maximum atomic E-state index is 12.0. The average molecular weight is 240 g/mol. The molecular weight excluding hydrogens is 221 g/mol. The van der Waals surface area contributed by atoms with Crippen molar-refractivity contribution in [2.45, 2.75) is 25.1 Å². The van der Waals surface area contributed by atoms with Gasteiger partial charge < -0.3 is 10.1 Å². The summed E-state index contributed by atoms with van der Waals surface area (Å²) in [5.74, 6) is 0. The number of nitrogens with one attached hydrogen (secondary N) is 1. The zero-order valence-electron chi connectivity index (χ0n) is 9.52. The van der Waals surface area contributed by atoms with Crippen LogP contribution in [0, 0.1) is 0 Å². The topological polar surface area (TPSA) is 24.5 Å². The molecule has 1 N–H and O–H groups in total. The minimum Gasteiger partial charge on any atom is -0.380 e. The Morgan fingerprint density at radius 2 is 2.19 bits per heavy atom. The summed E-state index contributed by atoms with van der Waals surface area (Å²) in [5, 5.41) is 3.20. The number of ether oxygens (including phenoxy) is 1. The lowest BCUT2D eigenvalue weighted by atomic mass is 10.1. The molecule has 0 aliphatic carbocycles. The minimum atomic E-state index is -4.11. The van der Waals surface area contributed by atoms with Crippen LogP contribution in [-0.4, -0.2) is 57.0 Å². The normalized spacial score (nSPS) is 22.7. The number of halogens is 3. The summed E-state index contributed by atoms with van der Waals surface area (Å²) in [6.07, 6.45) is -2.04. The summed E-state index contributed by atoms with van der Waals surface area (Å²) in [6.45, 7) is 1.58. The van der Waals surface area contributed by atoms with Crippen molar-refractivity contribution in [2.75, 3.05) is 39.9 Å². The second-order valence-electron chi connectivity index (χ2n) is 4.22. The van der Waals surface area contributed by atoms with Crippen LogP contribution >= 0.6 is 0 Å². The predicted octanol–water partition coefficient (Wildman–Crippen LogP) is 1.25. The van der Waals surface area contributed by atoms with Gasteiger partial charge in [-0.1, -0.05) is 0 Å². The molecule has 6 heteroatoms. The number of hydrogen-bond acceptors (Lipinski definition) is 3. The smallest absolute Gasteiger partial charge is 0.380 e. The van der Waals surface area contributed by atoms with Gasteiger partial charge in [0.15, 0.2) is 0 Å². The maximum Gasteiger partial charge on any atom is 0.401 e. The Hall–Kier alpha value is -0.330. The summed E-state index contributed by atoms with van der Waals surface area (Å²) in [4.78, 5) is 1.27. The van der Waals surface area contributed by atoms with Crippen LogP contribution in [0.5, 0.6) is 0 Å². The van der Waals surface area contributed by atoms with E-state index >= 15 is 0 Å². The molecule has 1 unspecified atom stereocenters. The third-order valence-electron chi connectivity index (χ3n) is 2.54. The molecule has 0 amide bonds. The van der Waals surface area contributed by atoms with Gasteiger partial charge in [0.25, 0.3) is 0 Å². The molecule has 0 bridgehead atoms. The molecule has 16 heavy (non-hydrogen) atoms. The standard InChI is InChI=1S/C10H19F3N2O/c1-15(8-10(11,12)13)5-4-14-9-3-2-6-16-7-9/h9,14H,2-8H2,1H3. The summed E-state index contributed by atoms with van der Waals surface area (Å²) in [6, 6.07) is 0.299. The Balaban J connectivity index is 2.05. The van der Waals surface area contributed by atoms with Crippen molar-refractivity contribution >= 4 is 0 Å². The molecule has 1 fully saturated rings. The summed E-state index contributed by atoms with van der Waals surface area (Å²) >= 11 is 0. The maximum absolute atomic E-state index is 12.0. The minimum absolute atomic E-state index is 0.299. The Morgan fingerprint density at radius 3 is 2.75 bits per heavy atom. The van der Waals surface area contributed by atoms with Gasteiger partial charge in [-0.3, -0.25) is 4.90 Å². The van der Waals surface area contributed by atoms with Crippen molar-refractivity contribution in [3.63, 3.8) is 0 Å². The van der Waals surface area contributed by atoms with E-state index in [0.29, 0.717) is 25.7 Å². The average Bonchev–Trinajstić information content (AvgIpc) is 2.16. The van der Waals surface area contributed by atoms with E-state index in [9.17, 15) is 13.2 Å². The van der Waals surface area contributed by atoms with E-state index in [2.05, 4.69) is 5.32 Å². The van der Waals surface area contributed by atoms with E-state index in [-0.39, 0.29) is 0 Å². The largest absolute Gasteiger partial charge is 0.401 e. The molecule has 0 aromatic carbocycles. The molecule has 0 saturated carbocycles. The highest BCUT2D eigenvalue weighted by Crippen LogP contribution is 2.15. The number of alkyl halides is 3. The summed E-state index contributed by atoms with van der Waals surface area (Å²) in [5.41, 5.74) is 0. The van der Waals surface area contributed by atoms with Gasteiger partial charge in [-0.05, 0) is 19.9 Å². The summed E-state index contributed by atoms with van der Waals surface area (Å²) < 4.78 is 41.3. The van der Waals surface area contributed by atoms with Crippen molar-refractivity contribution in [2.24, 2.45) is 0 Å². The van der Waals surface area contributed by atoms with E-state index in [1.807, 2.05) is 0 Å². The molecule has 1 atom stereocenters. The third-order valence-corrected chi connectivity index (χ3v) is 2.54. The Labute approximate surface area is 93.9 Å². The SMILES string of the molecule is CN(CCNC1CCCOC1)CC(F)(F)F. The predicted molar refractivity (Wildman–Crippen MR) is 55.4 cm³/mol. The molecular formula is C10H19F3N2O. The van der Waals surface area contributed by atoms with Gasteiger partial charge in [-0.25, -0.2) is 0 Å². The van der Waals surface area contributed by atoms with Crippen LogP contribution in [0.4, 0.5) is 13.2 Å². The quantitative estimate of drug-likeness (QED) is 0.782. The van der Waals surface area contributed by atoms with Crippen LogP contribution in [0.1, 0.15) is 12.8 Å². The number of nitrogens with zero attached hydrogens (tertiary/aromatic N) is 1. The van der Waals surface area contributed by atoms with Gasteiger partial charge in [0.1, 0.15) is 0 Å². The monoisotopic (exact) mass is 240 g/mol. The zero-order chi connectivity index (χ0) is 12.0. The molecule has 1 aliphatic heterocycles. The molecule has 1 aliphatic rings. The van der Waals surface area contributed by atoms with E-state index in [1.54, 1.807) is 0 Å². The molecule has 0 aromatic heterocycles. The summed E-state index contributed by atoms with van der Waals surface area (Å²) in [7, 11) is 1.48. The number of rotatable bonds is 5. The Morgan fingerprint density at radius 1 is 1.44 bits per heavy atom. The molecule has 0 aromatic rings. The van der Waals surface area contributed by atoms with Crippen molar-refractivity contribution in [1.29, 1.82) is 0 Å². The highest BCUT2D eigenvalue weighted by molar-refractivity contribution is 4.70. The number of likely N-dealkylation sites (N-methyl/N-ethyl adjacent to an activating group) is 1. The molecule has 1 saturated heterocycles. The van der Waals surface area contributed by atoms with Crippen LogP contribution in [0.25, 0.3) is 0 Å². The van der Waals surface area contributed by atoms with E-state index < -0.39 is 12.7 Å². The van der Waals surface area contributed by atoms with Crippen LogP contribution < -0.4 is 5.32 Å². The van der Waals surface area contributed by atoms with Gasteiger partial charge in [0.05, 0.1) is 13.2 Å². The lowest BCUT2D eigenvalue weighted by Gasteiger charge is -2.25. The lowest BCUT2D eigenvalue weighted by molar-refractivity contribution is -0.142. The highest BCUT2D eigenvalue weighted by Gasteiger charge is 2.28. The Bertz CT molecular complexity index is 193. The van der Waals surface area contributed by atoms with E-state index in [1.165, 1.54) is 11.9 Å². The van der Waals surface area contributed by atoms with Crippen LogP contribution in [0.2, 0.25) is 0 Å². The fraction of sp³-hybridized carbons (Fsp3) is 1.00. The number of hydrogen-bond donors (Lipinski definition) is 1. The third kappa shape index (κ3) is 6.30. The first-order valence-corrected chi connectivity index (χ1v) is 5.54. The fourth-order valence-electron chi connectivity index (χ4n) is 1.75. The second-order valence-corrected chi connectivity index (χ2v) is 4.22. The molecule has 96 valence electrons. The molecule has 0 radical (unpaired) electrons. The van der Waals surface area contributed by atoms with Crippen LogP contribution in [0.3, 0.4) is 0 Å². The van der Waals surface area contributed by atoms with Crippen molar-refractivity contribution < 1.29 is 17.9 Å². The van der Waals surface area contributed by atoms with Gasteiger partial charge in [0.2, 0.25) is 0 Å². The van der Waals surface area contributed by atoms with Crippen molar-refractivity contribution in [3.05, 3.63) is 0 Å². The van der Waals surface area contributed by atoms with Crippen molar-refractivity contribution in [1.82, 2.24) is 10.2 Å². The fourth-order valence-corrected chi connectivity index (χ4v) is 1.75. The van der Waals surface area contributed by atoms with E-state index in [0.717, 1.165) is 19.4 Å². The first-order chi connectivity index (χ1) is 7.47. The molecule has 1 heterocycles. The van der Waals surface area contributed by atoms with Gasteiger partial charge in [-0.15, -0.1) is 0 Å². The lowest BCUT2D eigenvalue weighted by Crippen LogP contribution is -2.42. The van der Waals surface area contributed by atoms with Crippen LogP contribution in [0.15, 0.2) is 0 Å². The van der Waals surface area contributed by atoms with Gasteiger partial charge >= 0.3 is 6.18 Å². The Kier molecular flexibility index (Phi) is 5.51. The first-order valence-electron chi connectivity index (χ1n) is 5.54. The second kappa shape index (κ2) is 6.42.